The average molecular weight is 412 g/mol. The van der Waals surface area contributed by atoms with E-state index in [2.05, 4.69) is 10.3 Å². The lowest BCUT2D eigenvalue weighted by molar-refractivity contribution is -0.120. The van der Waals surface area contributed by atoms with Gasteiger partial charge in [-0.3, -0.25) is 10.1 Å². The lowest BCUT2D eigenvalue weighted by atomic mass is 9.92. The maximum Gasteiger partial charge on any atom is 0.229 e. The first kappa shape index (κ1) is 21.4. The highest BCUT2D eigenvalue weighted by atomic mass is 19.1. The zero-order valence-corrected chi connectivity index (χ0v) is 17.1. The molecular formula is C22H22F2N4O2. The summed E-state index contributed by atoms with van der Waals surface area (Å²) < 4.78 is 30.1. The molecule has 0 radical (unpaired) electrons. The number of aromatic nitrogens is 2. The van der Waals surface area contributed by atoms with E-state index in [9.17, 15) is 18.7 Å². The summed E-state index contributed by atoms with van der Waals surface area (Å²) in [4.78, 5) is 16.9. The van der Waals surface area contributed by atoms with Gasteiger partial charge in [-0.1, -0.05) is 18.2 Å². The Balaban J connectivity index is 1.99. The van der Waals surface area contributed by atoms with E-state index in [0.29, 0.717) is 5.52 Å². The van der Waals surface area contributed by atoms with Crippen LogP contribution in [0.3, 0.4) is 0 Å². The van der Waals surface area contributed by atoms with Gasteiger partial charge in [-0.2, -0.15) is 5.26 Å². The molecule has 0 aliphatic rings. The van der Waals surface area contributed by atoms with Gasteiger partial charge in [0.25, 0.3) is 0 Å². The van der Waals surface area contributed by atoms with Crippen molar-refractivity contribution >= 4 is 22.9 Å². The molecule has 0 aliphatic heterocycles. The van der Waals surface area contributed by atoms with E-state index in [-0.39, 0.29) is 22.6 Å². The quantitative estimate of drug-likeness (QED) is 0.673. The topological polar surface area (TPSA) is 90.9 Å². The van der Waals surface area contributed by atoms with Crippen molar-refractivity contribution in [2.45, 2.75) is 45.3 Å². The molecule has 0 saturated heterocycles. The molecule has 30 heavy (non-hydrogen) atoms. The summed E-state index contributed by atoms with van der Waals surface area (Å²) in [5, 5.41) is 22.4. The third-order valence-electron chi connectivity index (χ3n) is 4.72. The van der Waals surface area contributed by atoms with Crippen LogP contribution in [0.1, 0.15) is 45.2 Å². The molecule has 0 bridgehead atoms. The van der Waals surface area contributed by atoms with Crippen LogP contribution in [0.4, 0.5) is 14.7 Å². The standard InChI is InChI=1S/C22H22F2N4O2/c1-21(2,3)28-17-10-13(12-25)9-16(24)19(17)27-20(28)26-18(29)11-22(4,30)14-7-5-6-8-15(14)23/h5-10,30H,11H2,1-4H3,(H,26,27,29). The second-order valence-electron chi connectivity index (χ2n) is 8.36. The molecule has 1 heterocycles. The largest absolute Gasteiger partial charge is 0.385 e. The minimum absolute atomic E-state index is 0.00539. The number of fused-ring (bicyclic) bond motifs is 1. The van der Waals surface area contributed by atoms with Crippen LogP contribution in [0.15, 0.2) is 36.4 Å². The normalized spacial score (nSPS) is 13.7. The van der Waals surface area contributed by atoms with Crippen molar-refractivity contribution in [3.05, 3.63) is 59.2 Å². The van der Waals surface area contributed by atoms with Gasteiger partial charge in [0.15, 0.2) is 5.82 Å². The first-order chi connectivity index (χ1) is 13.9. The van der Waals surface area contributed by atoms with E-state index in [1.807, 2.05) is 26.8 Å². The zero-order chi connectivity index (χ0) is 22.3. The Morgan fingerprint density at radius 2 is 1.87 bits per heavy atom. The predicted molar refractivity (Wildman–Crippen MR) is 109 cm³/mol. The monoisotopic (exact) mass is 412 g/mol. The summed E-state index contributed by atoms with van der Waals surface area (Å²) in [6.45, 7) is 6.87. The summed E-state index contributed by atoms with van der Waals surface area (Å²) in [5.74, 6) is -1.85. The lowest BCUT2D eigenvalue weighted by Crippen LogP contribution is -2.31. The maximum absolute atomic E-state index is 14.5. The van der Waals surface area contributed by atoms with Crippen molar-refractivity contribution in [1.82, 2.24) is 9.55 Å². The fourth-order valence-corrected chi connectivity index (χ4v) is 3.44. The summed E-state index contributed by atoms with van der Waals surface area (Å²) >= 11 is 0. The molecule has 8 heteroatoms. The number of hydrogen-bond donors (Lipinski definition) is 2. The van der Waals surface area contributed by atoms with Crippen molar-refractivity contribution in [2.75, 3.05) is 5.32 Å². The zero-order valence-electron chi connectivity index (χ0n) is 17.1. The molecule has 1 aromatic heterocycles. The smallest absolute Gasteiger partial charge is 0.229 e. The van der Waals surface area contributed by atoms with Crippen LogP contribution in [0.25, 0.3) is 11.0 Å². The van der Waals surface area contributed by atoms with Crippen LogP contribution in [-0.4, -0.2) is 20.6 Å². The fraction of sp³-hybridized carbons (Fsp3) is 0.318. The van der Waals surface area contributed by atoms with E-state index in [1.54, 1.807) is 10.6 Å². The highest BCUT2D eigenvalue weighted by molar-refractivity contribution is 5.92. The van der Waals surface area contributed by atoms with Gasteiger partial charge < -0.3 is 9.67 Å². The highest BCUT2D eigenvalue weighted by Gasteiger charge is 2.31. The molecule has 3 aromatic rings. The van der Waals surface area contributed by atoms with Crippen molar-refractivity contribution in [2.24, 2.45) is 0 Å². The number of carbonyl (C=O) groups excluding carboxylic acids is 1. The number of benzene rings is 2. The van der Waals surface area contributed by atoms with E-state index in [1.165, 1.54) is 31.2 Å². The van der Waals surface area contributed by atoms with Crippen LogP contribution >= 0.6 is 0 Å². The first-order valence-electron chi connectivity index (χ1n) is 9.34. The molecule has 6 nitrogen and oxygen atoms in total. The summed E-state index contributed by atoms with van der Waals surface area (Å²) in [6.07, 6.45) is -0.437. The number of amides is 1. The molecule has 0 saturated carbocycles. The van der Waals surface area contributed by atoms with Crippen LogP contribution in [0, 0.1) is 23.0 Å². The van der Waals surface area contributed by atoms with Crippen molar-refractivity contribution in [1.29, 1.82) is 5.26 Å². The molecule has 0 spiro atoms. The van der Waals surface area contributed by atoms with Crippen LogP contribution in [0.2, 0.25) is 0 Å². The number of aliphatic hydroxyl groups is 1. The molecule has 2 aromatic carbocycles. The summed E-state index contributed by atoms with van der Waals surface area (Å²) in [6, 6.07) is 10.2. The molecule has 2 N–H and O–H groups in total. The first-order valence-corrected chi connectivity index (χ1v) is 9.34. The number of nitrogens with zero attached hydrogens (tertiary/aromatic N) is 3. The minimum Gasteiger partial charge on any atom is -0.385 e. The van der Waals surface area contributed by atoms with Crippen LogP contribution in [-0.2, 0) is 15.9 Å². The number of nitriles is 1. The Hall–Kier alpha value is -3.31. The number of hydrogen-bond acceptors (Lipinski definition) is 4. The average Bonchev–Trinajstić information content (AvgIpc) is 2.99. The molecule has 1 unspecified atom stereocenters. The van der Waals surface area contributed by atoms with E-state index in [4.69, 9.17) is 5.26 Å². The number of anilines is 1. The summed E-state index contributed by atoms with van der Waals surface area (Å²) in [5.41, 5.74) is -1.87. The van der Waals surface area contributed by atoms with Gasteiger partial charge >= 0.3 is 0 Å². The van der Waals surface area contributed by atoms with Gasteiger partial charge in [-0.25, -0.2) is 13.8 Å². The summed E-state index contributed by atoms with van der Waals surface area (Å²) in [7, 11) is 0. The molecular weight excluding hydrogens is 390 g/mol. The van der Waals surface area contributed by atoms with Crippen molar-refractivity contribution < 1.29 is 18.7 Å². The second-order valence-corrected chi connectivity index (χ2v) is 8.36. The van der Waals surface area contributed by atoms with Gasteiger partial charge in [0, 0.05) is 11.1 Å². The maximum atomic E-state index is 14.5. The molecule has 0 aliphatic carbocycles. The Bertz CT molecular complexity index is 1170. The van der Waals surface area contributed by atoms with E-state index >= 15 is 0 Å². The van der Waals surface area contributed by atoms with Crippen LogP contribution in [0.5, 0.6) is 0 Å². The van der Waals surface area contributed by atoms with Gasteiger partial charge in [-0.05, 0) is 45.9 Å². The van der Waals surface area contributed by atoms with E-state index in [0.717, 1.165) is 6.07 Å². The number of imidazole rings is 1. The number of halogens is 2. The van der Waals surface area contributed by atoms with Crippen LogP contribution < -0.4 is 5.32 Å². The number of carbonyl (C=O) groups is 1. The Morgan fingerprint density at radius 3 is 2.47 bits per heavy atom. The second kappa shape index (κ2) is 7.50. The van der Waals surface area contributed by atoms with Crippen molar-refractivity contribution in [3.63, 3.8) is 0 Å². The molecule has 0 fully saturated rings. The van der Waals surface area contributed by atoms with E-state index < -0.39 is 35.1 Å². The fourth-order valence-electron chi connectivity index (χ4n) is 3.44. The van der Waals surface area contributed by atoms with Crippen molar-refractivity contribution in [3.8, 4) is 6.07 Å². The molecule has 1 amide bonds. The number of nitrogens with one attached hydrogen (secondary N) is 1. The third kappa shape index (κ3) is 4.02. The van der Waals surface area contributed by atoms with Gasteiger partial charge in [0.05, 0.1) is 29.2 Å². The molecule has 1 atom stereocenters. The Morgan fingerprint density at radius 1 is 1.20 bits per heavy atom. The number of rotatable bonds is 4. The molecule has 3 rings (SSSR count). The minimum atomic E-state index is -1.76. The third-order valence-corrected chi connectivity index (χ3v) is 4.72. The Kier molecular flexibility index (Phi) is 5.35. The highest BCUT2D eigenvalue weighted by Crippen LogP contribution is 2.32. The van der Waals surface area contributed by atoms with Gasteiger partial charge in [0.2, 0.25) is 11.9 Å². The van der Waals surface area contributed by atoms with Gasteiger partial charge in [0.1, 0.15) is 11.3 Å². The lowest BCUT2D eigenvalue weighted by Gasteiger charge is -2.26. The predicted octanol–water partition coefficient (Wildman–Crippen LogP) is 4.18. The Labute approximate surface area is 172 Å². The molecule has 156 valence electrons. The SMILES string of the molecule is CC(O)(CC(=O)Nc1nc2c(F)cc(C#N)cc2n1C(C)(C)C)c1ccccc1F. The van der Waals surface area contributed by atoms with Gasteiger partial charge in [-0.15, -0.1) is 0 Å².